The van der Waals surface area contributed by atoms with Crippen LogP contribution in [-0.2, 0) is 17.7 Å². The van der Waals surface area contributed by atoms with Crippen molar-refractivity contribution in [1.82, 2.24) is 14.8 Å². The molecule has 90 valence electrons. The Balaban J connectivity index is 2.86. The number of esters is 1. The largest absolute Gasteiger partial charge is 0.460 e. The van der Waals surface area contributed by atoms with Gasteiger partial charge in [0.25, 0.3) is 5.82 Å². The standard InChI is InChI=1S/C9H16N4O3/c1-2-16-9(15)8-11-7(3-4-10)13(12-8)5-6-14/h14H,2-6,10H2,1H3. The van der Waals surface area contributed by atoms with E-state index in [4.69, 9.17) is 15.6 Å². The number of carbonyl (C=O) groups is 1. The topological polar surface area (TPSA) is 103 Å². The van der Waals surface area contributed by atoms with Crippen LogP contribution in [0.4, 0.5) is 0 Å². The van der Waals surface area contributed by atoms with Gasteiger partial charge in [0, 0.05) is 6.42 Å². The molecule has 1 aromatic rings. The second-order valence-electron chi connectivity index (χ2n) is 3.06. The zero-order valence-electron chi connectivity index (χ0n) is 9.22. The first kappa shape index (κ1) is 12.6. The molecule has 0 fully saturated rings. The number of hydrogen-bond acceptors (Lipinski definition) is 6. The van der Waals surface area contributed by atoms with Crippen molar-refractivity contribution < 1.29 is 14.6 Å². The summed E-state index contributed by atoms with van der Waals surface area (Å²) in [5, 5.41) is 12.8. The summed E-state index contributed by atoms with van der Waals surface area (Å²) in [4.78, 5) is 15.4. The van der Waals surface area contributed by atoms with Crippen molar-refractivity contribution in [2.75, 3.05) is 19.8 Å². The van der Waals surface area contributed by atoms with Crippen LogP contribution < -0.4 is 5.73 Å². The van der Waals surface area contributed by atoms with E-state index in [1.807, 2.05) is 0 Å². The van der Waals surface area contributed by atoms with Crippen LogP contribution in [-0.4, -0.2) is 45.6 Å². The Morgan fingerprint density at radius 1 is 1.62 bits per heavy atom. The predicted molar refractivity (Wildman–Crippen MR) is 55.8 cm³/mol. The van der Waals surface area contributed by atoms with Gasteiger partial charge in [-0.25, -0.2) is 14.5 Å². The molecule has 1 heterocycles. The number of aromatic nitrogens is 3. The lowest BCUT2D eigenvalue weighted by molar-refractivity contribution is 0.0511. The Kier molecular flexibility index (Phi) is 4.87. The molecule has 0 aliphatic heterocycles. The first-order valence-electron chi connectivity index (χ1n) is 5.14. The number of nitrogens with two attached hydrogens (primary N) is 1. The van der Waals surface area contributed by atoms with Crippen molar-refractivity contribution in [3.05, 3.63) is 11.6 Å². The molecule has 0 aromatic carbocycles. The molecule has 0 bridgehead atoms. The van der Waals surface area contributed by atoms with Crippen molar-refractivity contribution in [2.24, 2.45) is 5.73 Å². The predicted octanol–water partition coefficient (Wildman–Crippen LogP) is -1.05. The first-order valence-corrected chi connectivity index (χ1v) is 5.14. The number of rotatable bonds is 6. The van der Waals surface area contributed by atoms with E-state index in [2.05, 4.69) is 10.1 Å². The van der Waals surface area contributed by atoms with Gasteiger partial charge in [-0.05, 0) is 13.5 Å². The molecule has 1 aromatic heterocycles. The van der Waals surface area contributed by atoms with Gasteiger partial charge in [-0.1, -0.05) is 0 Å². The van der Waals surface area contributed by atoms with Crippen molar-refractivity contribution in [2.45, 2.75) is 19.9 Å². The smallest absolute Gasteiger partial charge is 0.378 e. The van der Waals surface area contributed by atoms with Crippen LogP contribution in [0.3, 0.4) is 0 Å². The highest BCUT2D eigenvalue weighted by atomic mass is 16.5. The molecule has 0 spiro atoms. The molecule has 16 heavy (non-hydrogen) atoms. The van der Waals surface area contributed by atoms with Crippen LogP contribution in [0.2, 0.25) is 0 Å². The monoisotopic (exact) mass is 228 g/mol. The minimum Gasteiger partial charge on any atom is -0.460 e. The van der Waals surface area contributed by atoms with Gasteiger partial charge in [0.15, 0.2) is 0 Å². The Morgan fingerprint density at radius 3 is 2.94 bits per heavy atom. The number of aliphatic hydroxyl groups is 1. The van der Waals surface area contributed by atoms with Gasteiger partial charge in [0.1, 0.15) is 5.82 Å². The van der Waals surface area contributed by atoms with E-state index in [1.54, 1.807) is 6.92 Å². The van der Waals surface area contributed by atoms with Crippen LogP contribution in [0, 0.1) is 0 Å². The lowest BCUT2D eigenvalue weighted by Crippen LogP contribution is -2.13. The van der Waals surface area contributed by atoms with Gasteiger partial charge in [-0.15, -0.1) is 5.10 Å². The van der Waals surface area contributed by atoms with Crippen molar-refractivity contribution in [3.8, 4) is 0 Å². The summed E-state index contributed by atoms with van der Waals surface area (Å²) in [6.07, 6.45) is 0.506. The summed E-state index contributed by atoms with van der Waals surface area (Å²) >= 11 is 0. The van der Waals surface area contributed by atoms with Crippen LogP contribution in [0.25, 0.3) is 0 Å². The third-order valence-corrected chi connectivity index (χ3v) is 1.89. The zero-order valence-corrected chi connectivity index (χ0v) is 9.22. The summed E-state index contributed by atoms with van der Waals surface area (Å²) in [6.45, 7) is 2.63. The summed E-state index contributed by atoms with van der Waals surface area (Å²) in [7, 11) is 0. The molecule has 0 atom stereocenters. The van der Waals surface area contributed by atoms with Gasteiger partial charge in [-0.2, -0.15) is 0 Å². The van der Waals surface area contributed by atoms with Crippen molar-refractivity contribution in [1.29, 1.82) is 0 Å². The molecule has 0 radical (unpaired) electrons. The third kappa shape index (κ3) is 3.01. The summed E-state index contributed by atoms with van der Waals surface area (Å²) in [5.74, 6) is 0.0378. The van der Waals surface area contributed by atoms with Gasteiger partial charge in [0.05, 0.1) is 19.8 Å². The maximum absolute atomic E-state index is 11.4. The van der Waals surface area contributed by atoms with E-state index in [0.29, 0.717) is 25.3 Å². The Morgan fingerprint density at radius 2 is 2.38 bits per heavy atom. The second-order valence-corrected chi connectivity index (χ2v) is 3.06. The highest BCUT2D eigenvalue weighted by Gasteiger charge is 2.16. The van der Waals surface area contributed by atoms with E-state index < -0.39 is 5.97 Å². The van der Waals surface area contributed by atoms with E-state index in [0.717, 1.165) is 0 Å². The van der Waals surface area contributed by atoms with E-state index in [9.17, 15) is 4.79 Å². The van der Waals surface area contributed by atoms with Gasteiger partial charge in [-0.3, -0.25) is 0 Å². The molecule has 0 unspecified atom stereocenters. The highest BCUT2D eigenvalue weighted by molar-refractivity contribution is 5.84. The molecular weight excluding hydrogens is 212 g/mol. The van der Waals surface area contributed by atoms with Crippen LogP contribution >= 0.6 is 0 Å². The maximum Gasteiger partial charge on any atom is 0.378 e. The molecule has 0 saturated carbocycles. The van der Waals surface area contributed by atoms with Crippen LogP contribution in [0.15, 0.2) is 0 Å². The molecule has 0 aliphatic carbocycles. The fourth-order valence-corrected chi connectivity index (χ4v) is 1.24. The van der Waals surface area contributed by atoms with Gasteiger partial charge >= 0.3 is 5.97 Å². The Bertz CT molecular complexity index is 327. The lowest BCUT2D eigenvalue weighted by atomic mass is 10.4. The first-order chi connectivity index (χ1) is 7.72. The fourth-order valence-electron chi connectivity index (χ4n) is 1.24. The SMILES string of the molecule is CCOC(=O)c1nc(CCN)n(CCO)n1. The average Bonchev–Trinajstić information content (AvgIpc) is 2.64. The number of carbonyl (C=O) groups excluding carboxylic acids is 1. The van der Waals surface area contributed by atoms with Crippen LogP contribution in [0.5, 0.6) is 0 Å². The summed E-state index contributed by atoms with van der Waals surface area (Å²) in [5.41, 5.74) is 5.41. The minimum absolute atomic E-state index is 0.0127. The molecular formula is C9H16N4O3. The molecule has 3 N–H and O–H groups in total. The normalized spacial score (nSPS) is 10.4. The van der Waals surface area contributed by atoms with Crippen molar-refractivity contribution >= 4 is 5.97 Å². The minimum atomic E-state index is -0.558. The number of hydrogen-bond donors (Lipinski definition) is 2. The molecule has 7 heteroatoms. The molecule has 0 aliphatic rings. The maximum atomic E-state index is 11.4. The molecule has 1 rings (SSSR count). The third-order valence-electron chi connectivity index (χ3n) is 1.89. The quantitative estimate of drug-likeness (QED) is 0.602. The highest BCUT2D eigenvalue weighted by Crippen LogP contribution is 2.01. The summed E-state index contributed by atoms with van der Waals surface area (Å²) < 4.78 is 6.25. The van der Waals surface area contributed by atoms with Crippen molar-refractivity contribution in [3.63, 3.8) is 0 Å². The van der Waals surface area contributed by atoms with Crippen LogP contribution in [0.1, 0.15) is 23.4 Å². The van der Waals surface area contributed by atoms with Gasteiger partial charge < -0.3 is 15.6 Å². The Labute approximate surface area is 93.2 Å². The lowest BCUT2D eigenvalue weighted by Gasteiger charge is -2.00. The summed E-state index contributed by atoms with van der Waals surface area (Å²) in [6, 6.07) is 0. The van der Waals surface area contributed by atoms with Gasteiger partial charge in [0.2, 0.25) is 0 Å². The van der Waals surface area contributed by atoms with E-state index in [-0.39, 0.29) is 19.0 Å². The molecule has 0 amide bonds. The van der Waals surface area contributed by atoms with E-state index in [1.165, 1.54) is 4.68 Å². The second kappa shape index (κ2) is 6.19. The fraction of sp³-hybridized carbons (Fsp3) is 0.667. The Hall–Kier alpha value is -1.47. The number of nitrogens with zero attached hydrogens (tertiary/aromatic N) is 3. The van der Waals surface area contributed by atoms with E-state index >= 15 is 0 Å². The number of ether oxygens (including phenoxy) is 1. The average molecular weight is 228 g/mol. The molecule has 0 saturated heterocycles. The number of aliphatic hydroxyl groups excluding tert-OH is 1. The zero-order chi connectivity index (χ0) is 12.0. The molecule has 7 nitrogen and oxygen atoms in total.